The largest absolute Gasteiger partial charge is 0.388 e. The summed E-state index contributed by atoms with van der Waals surface area (Å²) in [4.78, 5) is 0.145. The van der Waals surface area contributed by atoms with Crippen molar-refractivity contribution in [2.75, 3.05) is 17.1 Å². The van der Waals surface area contributed by atoms with E-state index >= 15 is 0 Å². The summed E-state index contributed by atoms with van der Waals surface area (Å²) in [5.74, 6) is 0. The van der Waals surface area contributed by atoms with Gasteiger partial charge in [0.25, 0.3) is 10.0 Å². The van der Waals surface area contributed by atoms with Gasteiger partial charge >= 0.3 is 0 Å². The van der Waals surface area contributed by atoms with Gasteiger partial charge in [-0.2, -0.15) is 0 Å². The Labute approximate surface area is 131 Å². The third-order valence-electron chi connectivity index (χ3n) is 2.63. The minimum absolute atomic E-state index is 0.145. The molecule has 0 aliphatic heterocycles. The minimum atomic E-state index is -3.63. The first kappa shape index (κ1) is 15.2. The molecule has 7 heteroatoms. The average molecular weight is 376 g/mol. The van der Waals surface area contributed by atoms with Crippen molar-refractivity contribution < 1.29 is 8.42 Å². The first-order valence-corrected chi connectivity index (χ1v) is 8.33. The molecule has 2 aromatic rings. The molecule has 106 valence electrons. The summed E-state index contributed by atoms with van der Waals surface area (Å²) < 4.78 is 27.5. The lowest BCUT2D eigenvalue weighted by molar-refractivity contribution is 0.601. The second-order valence-corrected chi connectivity index (χ2v) is 6.95. The molecule has 20 heavy (non-hydrogen) atoms. The van der Waals surface area contributed by atoms with Gasteiger partial charge in [0.05, 0.1) is 9.92 Å². The molecule has 2 rings (SSSR count). The third-order valence-corrected chi connectivity index (χ3v) is 5.22. The molecule has 0 aliphatic rings. The van der Waals surface area contributed by atoms with Gasteiger partial charge in [-0.1, -0.05) is 11.6 Å². The quantitative estimate of drug-likeness (QED) is 0.851. The average Bonchev–Trinajstić information content (AvgIpc) is 2.42. The van der Waals surface area contributed by atoms with Gasteiger partial charge in [-0.25, -0.2) is 8.42 Å². The van der Waals surface area contributed by atoms with Crippen molar-refractivity contribution in [1.82, 2.24) is 0 Å². The van der Waals surface area contributed by atoms with Gasteiger partial charge in [-0.15, -0.1) is 0 Å². The van der Waals surface area contributed by atoms with Crippen molar-refractivity contribution in [3.05, 3.63) is 52.0 Å². The Kier molecular flexibility index (Phi) is 4.57. The van der Waals surface area contributed by atoms with Gasteiger partial charge in [-0.3, -0.25) is 4.72 Å². The first-order valence-electron chi connectivity index (χ1n) is 5.68. The van der Waals surface area contributed by atoms with Crippen LogP contribution in [-0.4, -0.2) is 15.5 Å². The summed E-state index contributed by atoms with van der Waals surface area (Å²) in [6, 6.07) is 11.4. The van der Waals surface area contributed by atoms with Crippen LogP contribution in [0.1, 0.15) is 0 Å². The summed E-state index contributed by atoms with van der Waals surface area (Å²) in [6.07, 6.45) is 0. The molecule has 0 saturated heterocycles. The Hall–Kier alpha value is -1.24. The number of sulfonamides is 1. The Balaban J connectivity index is 2.27. The van der Waals surface area contributed by atoms with Crippen molar-refractivity contribution >= 4 is 48.9 Å². The Morgan fingerprint density at radius 2 is 1.65 bits per heavy atom. The number of hydrogen-bond donors (Lipinski definition) is 2. The second-order valence-electron chi connectivity index (χ2n) is 4.01. The van der Waals surface area contributed by atoms with Crippen LogP contribution in [0.25, 0.3) is 0 Å². The van der Waals surface area contributed by atoms with Crippen molar-refractivity contribution in [2.24, 2.45) is 0 Å². The number of nitrogens with one attached hydrogen (secondary N) is 2. The molecule has 0 aromatic heterocycles. The van der Waals surface area contributed by atoms with Crippen molar-refractivity contribution in [3.8, 4) is 0 Å². The third kappa shape index (κ3) is 3.45. The Morgan fingerprint density at radius 3 is 2.20 bits per heavy atom. The zero-order chi connectivity index (χ0) is 14.8. The molecule has 2 aromatic carbocycles. The van der Waals surface area contributed by atoms with Crippen LogP contribution in [0.15, 0.2) is 51.8 Å². The predicted molar refractivity (Wildman–Crippen MR) is 85.9 cm³/mol. The highest BCUT2D eigenvalue weighted by Gasteiger charge is 2.15. The molecule has 0 heterocycles. The van der Waals surface area contributed by atoms with Gasteiger partial charge in [0, 0.05) is 22.9 Å². The minimum Gasteiger partial charge on any atom is -0.388 e. The van der Waals surface area contributed by atoms with Crippen LogP contribution in [0.5, 0.6) is 0 Å². The number of rotatable bonds is 4. The highest BCUT2D eigenvalue weighted by atomic mass is 79.9. The lowest BCUT2D eigenvalue weighted by Crippen LogP contribution is -2.12. The van der Waals surface area contributed by atoms with Gasteiger partial charge in [0.15, 0.2) is 0 Å². The SMILES string of the molecule is CNc1ccc(NS(=O)(=O)c2ccc(Cl)c(Br)c2)cc1. The second kappa shape index (κ2) is 6.03. The fourth-order valence-corrected chi connectivity index (χ4v) is 3.30. The van der Waals surface area contributed by atoms with Crippen LogP contribution >= 0.6 is 27.5 Å². The summed E-state index contributed by atoms with van der Waals surface area (Å²) in [6.45, 7) is 0. The van der Waals surface area contributed by atoms with E-state index in [9.17, 15) is 8.42 Å². The maximum Gasteiger partial charge on any atom is 0.261 e. The Morgan fingerprint density at radius 1 is 1.05 bits per heavy atom. The van der Waals surface area contributed by atoms with E-state index in [1.807, 2.05) is 0 Å². The van der Waals surface area contributed by atoms with E-state index in [2.05, 4.69) is 26.0 Å². The van der Waals surface area contributed by atoms with Gasteiger partial charge in [-0.05, 0) is 58.4 Å². The van der Waals surface area contributed by atoms with E-state index in [-0.39, 0.29) is 4.90 Å². The van der Waals surface area contributed by atoms with E-state index in [4.69, 9.17) is 11.6 Å². The van der Waals surface area contributed by atoms with Crippen LogP contribution in [0.3, 0.4) is 0 Å². The van der Waals surface area contributed by atoms with E-state index in [1.165, 1.54) is 18.2 Å². The van der Waals surface area contributed by atoms with Gasteiger partial charge in [0.2, 0.25) is 0 Å². The van der Waals surface area contributed by atoms with Crippen LogP contribution < -0.4 is 10.0 Å². The molecule has 0 unspecified atom stereocenters. The number of halogens is 2. The van der Waals surface area contributed by atoms with Crippen LogP contribution in [0.2, 0.25) is 5.02 Å². The van der Waals surface area contributed by atoms with Gasteiger partial charge < -0.3 is 5.32 Å². The summed E-state index contributed by atoms with van der Waals surface area (Å²) in [7, 11) is -1.84. The van der Waals surface area contributed by atoms with Crippen LogP contribution in [0.4, 0.5) is 11.4 Å². The van der Waals surface area contributed by atoms with E-state index in [0.29, 0.717) is 15.2 Å². The van der Waals surface area contributed by atoms with Crippen molar-refractivity contribution in [3.63, 3.8) is 0 Å². The standard InChI is InChI=1S/C13H12BrClN2O2S/c1-16-9-2-4-10(5-3-9)17-20(18,19)11-6-7-13(15)12(14)8-11/h2-8,16-17H,1H3. The number of anilines is 2. The van der Waals surface area contributed by atoms with Crippen LogP contribution in [0, 0.1) is 0 Å². The zero-order valence-electron chi connectivity index (χ0n) is 10.5. The monoisotopic (exact) mass is 374 g/mol. The predicted octanol–water partition coefficient (Wildman–Crippen LogP) is 3.95. The first-order chi connectivity index (χ1) is 9.42. The molecule has 0 radical (unpaired) electrons. The van der Waals surface area contributed by atoms with E-state index in [1.54, 1.807) is 31.3 Å². The lowest BCUT2D eigenvalue weighted by atomic mass is 10.3. The molecule has 0 amide bonds. The molecule has 0 atom stereocenters. The number of benzene rings is 2. The fraction of sp³-hybridized carbons (Fsp3) is 0.0769. The van der Waals surface area contributed by atoms with Gasteiger partial charge in [0.1, 0.15) is 0 Å². The van der Waals surface area contributed by atoms with E-state index < -0.39 is 10.0 Å². The molecule has 0 saturated carbocycles. The molecule has 0 aliphatic carbocycles. The zero-order valence-corrected chi connectivity index (χ0v) is 13.7. The lowest BCUT2D eigenvalue weighted by Gasteiger charge is -2.09. The topological polar surface area (TPSA) is 58.2 Å². The molecule has 2 N–H and O–H groups in total. The van der Waals surface area contributed by atoms with Crippen molar-refractivity contribution in [2.45, 2.75) is 4.90 Å². The molecular weight excluding hydrogens is 364 g/mol. The molecule has 4 nitrogen and oxygen atoms in total. The maximum atomic E-state index is 12.2. The van der Waals surface area contributed by atoms with Crippen LogP contribution in [-0.2, 0) is 10.0 Å². The highest BCUT2D eigenvalue weighted by molar-refractivity contribution is 9.10. The maximum absolute atomic E-state index is 12.2. The summed E-state index contributed by atoms with van der Waals surface area (Å²) in [5, 5.41) is 3.42. The molecule has 0 bridgehead atoms. The molecule has 0 spiro atoms. The molecular formula is C13H12BrClN2O2S. The van der Waals surface area contributed by atoms with E-state index in [0.717, 1.165) is 5.69 Å². The number of hydrogen-bond acceptors (Lipinski definition) is 3. The summed E-state index contributed by atoms with van der Waals surface area (Å²) in [5.41, 5.74) is 1.40. The fourth-order valence-electron chi connectivity index (χ4n) is 1.56. The Bertz CT molecular complexity index is 718. The highest BCUT2D eigenvalue weighted by Crippen LogP contribution is 2.26. The van der Waals surface area contributed by atoms with Crippen molar-refractivity contribution in [1.29, 1.82) is 0 Å². The summed E-state index contributed by atoms with van der Waals surface area (Å²) >= 11 is 9.07. The smallest absolute Gasteiger partial charge is 0.261 e. The molecule has 0 fully saturated rings. The normalized spacial score (nSPS) is 11.2.